The minimum atomic E-state index is -0.665. The summed E-state index contributed by atoms with van der Waals surface area (Å²) < 4.78 is 0. The lowest BCUT2D eigenvalue weighted by molar-refractivity contribution is 0.108. The zero-order valence-corrected chi connectivity index (χ0v) is 16.1. The van der Waals surface area contributed by atoms with Gasteiger partial charge < -0.3 is 20.6 Å². The van der Waals surface area contributed by atoms with Crippen molar-refractivity contribution in [1.82, 2.24) is 5.32 Å². The number of aryl methyl sites for hydroxylation is 2. The SMILES string of the molecule is CCc1cc2c(cc1CC)CC(N[C@@H]1CCc3c(ccc(O)c3O)[C@H]1O)C2. The van der Waals surface area contributed by atoms with Gasteiger partial charge in [-0.05, 0) is 72.4 Å². The summed E-state index contributed by atoms with van der Waals surface area (Å²) in [5.74, 6) is -0.200. The molecule has 27 heavy (non-hydrogen) atoms. The monoisotopic (exact) mass is 367 g/mol. The van der Waals surface area contributed by atoms with E-state index >= 15 is 0 Å². The van der Waals surface area contributed by atoms with Gasteiger partial charge in [-0.3, -0.25) is 0 Å². The zero-order chi connectivity index (χ0) is 19.1. The van der Waals surface area contributed by atoms with E-state index in [1.54, 1.807) is 6.07 Å². The van der Waals surface area contributed by atoms with Gasteiger partial charge in [0, 0.05) is 17.6 Å². The number of phenolic OH excluding ortho intramolecular Hbond substituents is 2. The second-order valence-electron chi connectivity index (χ2n) is 7.96. The lowest BCUT2D eigenvalue weighted by Crippen LogP contribution is -2.44. The molecule has 2 aliphatic rings. The lowest BCUT2D eigenvalue weighted by atomic mass is 9.84. The highest BCUT2D eigenvalue weighted by atomic mass is 16.3. The number of fused-ring (bicyclic) bond motifs is 2. The minimum absolute atomic E-state index is 0.0305. The predicted molar refractivity (Wildman–Crippen MR) is 106 cm³/mol. The Kier molecular flexibility index (Phi) is 4.87. The Labute approximate surface area is 160 Å². The second kappa shape index (κ2) is 7.17. The summed E-state index contributed by atoms with van der Waals surface area (Å²) in [6.07, 6.45) is 4.89. The molecule has 0 fully saturated rings. The number of phenols is 2. The van der Waals surface area contributed by atoms with Gasteiger partial charge >= 0.3 is 0 Å². The summed E-state index contributed by atoms with van der Waals surface area (Å²) in [6.45, 7) is 4.43. The second-order valence-corrected chi connectivity index (χ2v) is 7.96. The average molecular weight is 367 g/mol. The first-order valence-corrected chi connectivity index (χ1v) is 10.1. The standard InChI is InChI=1S/C23H29NO3/c1-3-13-9-15-11-17(12-16(15)10-14(13)4-2)24-20-7-5-19-18(22(20)26)6-8-21(25)23(19)27/h6,8-10,17,20,22,24-27H,3-5,7,11-12H2,1-2H3/t20-,22-/m1/s1. The van der Waals surface area contributed by atoms with Gasteiger partial charge in [-0.2, -0.15) is 0 Å². The summed E-state index contributed by atoms with van der Waals surface area (Å²) in [7, 11) is 0. The highest BCUT2D eigenvalue weighted by Gasteiger charge is 2.33. The van der Waals surface area contributed by atoms with E-state index in [4.69, 9.17) is 0 Å². The van der Waals surface area contributed by atoms with E-state index in [0.29, 0.717) is 18.0 Å². The van der Waals surface area contributed by atoms with Crippen LogP contribution in [-0.4, -0.2) is 27.4 Å². The summed E-state index contributed by atoms with van der Waals surface area (Å²) in [6, 6.07) is 8.25. The molecule has 0 radical (unpaired) electrons. The molecule has 0 saturated heterocycles. The maximum Gasteiger partial charge on any atom is 0.161 e. The first kappa shape index (κ1) is 18.3. The predicted octanol–water partition coefficient (Wildman–Crippen LogP) is 3.33. The molecule has 2 aromatic rings. The van der Waals surface area contributed by atoms with Crippen molar-refractivity contribution in [3.05, 3.63) is 57.6 Å². The van der Waals surface area contributed by atoms with Crippen molar-refractivity contribution in [3.8, 4) is 11.5 Å². The molecule has 0 aliphatic heterocycles. The summed E-state index contributed by atoms with van der Waals surface area (Å²) in [5.41, 5.74) is 7.20. The van der Waals surface area contributed by atoms with Crippen molar-refractivity contribution in [1.29, 1.82) is 0 Å². The number of aliphatic hydroxyl groups excluding tert-OH is 1. The molecule has 0 bridgehead atoms. The van der Waals surface area contributed by atoms with Crippen LogP contribution in [0.1, 0.15) is 59.8 Å². The number of rotatable bonds is 4. The molecule has 4 rings (SSSR count). The molecule has 0 spiro atoms. The Morgan fingerprint density at radius 3 is 2.22 bits per heavy atom. The Hall–Kier alpha value is -2.04. The topological polar surface area (TPSA) is 72.7 Å². The average Bonchev–Trinajstić information content (AvgIpc) is 3.06. The molecule has 2 atom stereocenters. The fourth-order valence-corrected chi connectivity index (χ4v) is 4.88. The lowest BCUT2D eigenvalue weighted by Gasteiger charge is -2.33. The largest absolute Gasteiger partial charge is 0.504 e. The molecule has 2 aliphatic carbocycles. The van der Waals surface area contributed by atoms with E-state index in [9.17, 15) is 15.3 Å². The fraction of sp³-hybridized carbons (Fsp3) is 0.478. The van der Waals surface area contributed by atoms with Crippen LogP contribution in [0.15, 0.2) is 24.3 Å². The normalized spacial score (nSPS) is 21.9. The van der Waals surface area contributed by atoms with Crippen LogP contribution in [0, 0.1) is 0 Å². The summed E-state index contributed by atoms with van der Waals surface area (Å²) in [5, 5.41) is 34.3. The molecule has 4 heteroatoms. The number of benzene rings is 2. The van der Waals surface area contributed by atoms with E-state index in [-0.39, 0.29) is 17.5 Å². The van der Waals surface area contributed by atoms with Crippen LogP contribution < -0.4 is 5.32 Å². The molecule has 0 heterocycles. The van der Waals surface area contributed by atoms with Gasteiger partial charge in [0.2, 0.25) is 0 Å². The van der Waals surface area contributed by atoms with Gasteiger partial charge in [0.05, 0.1) is 6.10 Å². The first-order chi connectivity index (χ1) is 13.0. The van der Waals surface area contributed by atoms with Crippen LogP contribution >= 0.6 is 0 Å². The summed E-state index contributed by atoms with van der Waals surface area (Å²) in [4.78, 5) is 0. The maximum atomic E-state index is 10.8. The highest BCUT2D eigenvalue weighted by molar-refractivity contribution is 5.51. The third-order valence-corrected chi connectivity index (χ3v) is 6.37. The maximum absolute atomic E-state index is 10.8. The molecule has 2 aromatic carbocycles. The number of hydrogen-bond acceptors (Lipinski definition) is 4. The molecular formula is C23H29NO3. The Bertz CT molecular complexity index is 828. The van der Waals surface area contributed by atoms with E-state index in [2.05, 4.69) is 31.3 Å². The van der Waals surface area contributed by atoms with Crippen LogP contribution in [0.25, 0.3) is 0 Å². The molecule has 0 unspecified atom stereocenters. The fourth-order valence-electron chi connectivity index (χ4n) is 4.88. The van der Waals surface area contributed by atoms with Gasteiger partial charge in [0.15, 0.2) is 11.5 Å². The molecule has 0 amide bonds. The first-order valence-electron chi connectivity index (χ1n) is 10.1. The van der Waals surface area contributed by atoms with Crippen molar-refractivity contribution in [2.75, 3.05) is 0 Å². The molecule has 0 saturated carbocycles. The zero-order valence-electron chi connectivity index (χ0n) is 16.1. The van der Waals surface area contributed by atoms with Crippen molar-refractivity contribution >= 4 is 0 Å². The number of hydrogen-bond donors (Lipinski definition) is 4. The molecule has 4 N–H and O–H groups in total. The Balaban J connectivity index is 1.50. The smallest absolute Gasteiger partial charge is 0.161 e. The minimum Gasteiger partial charge on any atom is -0.504 e. The summed E-state index contributed by atoms with van der Waals surface area (Å²) >= 11 is 0. The van der Waals surface area contributed by atoms with Crippen molar-refractivity contribution < 1.29 is 15.3 Å². The molecule has 4 nitrogen and oxygen atoms in total. The van der Waals surface area contributed by atoms with Crippen molar-refractivity contribution in [2.24, 2.45) is 0 Å². The van der Waals surface area contributed by atoms with E-state index < -0.39 is 6.10 Å². The number of nitrogens with one attached hydrogen (secondary N) is 1. The third-order valence-electron chi connectivity index (χ3n) is 6.37. The van der Waals surface area contributed by atoms with Crippen LogP contribution in [0.5, 0.6) is 11.5 Å². The van der Waals surface area contributed by atoms with Crippen LogP contribution in [0.2, 0.25) is 0 Å². The molecule has 0 aromatic heterocycles. The van der Waals surface area contributed by atoms with E-state index in [0.717, 1.165) is 37.7 Å². The van der Waals surface area contributed by atoms with Gasteiger partial charge in [-0.25, -0.2) is 0 Å². The van der Waals surface area contributed by atoms with E-state index in [1.807, 2.05) is 0 Å². The molecular weight excluding hydrogens is 338 g/mol. The Morgan fingerprint density at radius 1 is 1.00 bits per heavy atom. The third kappa shape index (κ3) is 3.21. The molecule has 144 valence electrons. The number of aromatic hydroxyl groups is 2. The van der Waals surface area contributed by atoms with E-state index in [1.165, 1.54) is 28.3 Å². The van der Waals surface area contributed by atoms with Crippen molar-refractivity contribution in [2.45, 2.75) is 70.6 Å². The quantitative estimate of drug-likeness (QED) is 0.626. The highest BCUT2D eigenvalue weighted by Crippen LogP contribution is 2.40. The van der Waals surface area contributed by atoms with Gasteiger partial charge in [0.25, 0.3) is 0 Å². The number of aliphatic hydroxyl groups is 1. The van der Waals surface area contributed by atoms with Crippen molar-refractivity contribution in [3.63, 3.8) is 0 Å². The van der Waals surface area contributed by atoms with Gasteiger partial charge in [-0.15, -0.1) is 0 Å². The van der Waals surface area contributed by atoms with Gasteiger partial charge in [-0.1, -0.05) is 32.0 Å². The van der Waals surface area contributed by atoms with Gasteiger partial charge in [0.1, 0.15) is 0 Å². The Morgan fingerprint density at radius 2 is 1.63 bits per heavy atom. The van der Waals surface area contributed by atoms with Crippen LogP contribution in [0.4, 0.5) is 0 Å². The van der Waals surface area contributed by atoms with Crippen LogP contribution in [0.3, 0.4) is 0 Å². The van der Waals surface area contributed by atoms with Crippen LogP contribution in [-0.2, 0) is 32.1 Å².